The van der Waals surface area contributed by atoms with Crippen molar-refractivity contribution in [2.24, 2.45) is 5.41 Å². The molecule has 2 saturated heterocycles. The first-order chi connectivity index (χ1) is 17.7. The molecule has 0 aliphatic carbocycles. The predicted octanol–water partition coefficient (Wildman–Crippen LogP) is 5.01. The van der Waals surface area contributed by atoms with Gasteiger partial charge in [-0.15, -0.1) is 0 Å². The first-order valence-corrected chi connectivity index (χ1v) is 13.0. The molecule has 3 aliphatic rings. The molecule has 3 aromatic rings. The highest BCUT2D eigenvalue weighted by atomic mass is 35.5. The van der Waals surface area contributed by atoms with Gasteiger partial charge in [-0.05, 0) is 69.9 Å². The Hall–Kier alpha value is -2.85. The van der Waals surface area contributed by atoms with E-state index in [-0.39, 0.29) is 18.0 Å². The van der Waals surface area contributed by atoms with Crippen LogP contribution in [0.15, 0.2) is 36.5 Å². The highest BCUT2D eigenvalue weighted by Gasteiger charge is 2.55. The van der Waals surface area contributed by atoms with Crippen LogP contribution in [0.1, 0.15) is 43.0 Å². The molecule has 5 heterocycles. The molecule has 7 nitrogen and oxygen atoms in total. The number of anilines is 2. The molecule has 0 radical (unpaired) electrons. The first-order valence-electron chi connectivity index (χ1n) is 12.6. The zero-order chi connectivity index (χ0) is 25.9. The van der Waals surface area contributed by atoms with Gasteiger partial charge >= 0.3 is 6.18 Å². The maximum atomic E-state index is 14.4. The minimum atomic E-state index is -4.57. The Morgan fingerprint density at radius 1 is 1.05 bits per heavy atom. The third-order valence-electron chi connectivity index (χ3n) is 8.25. The number of piperidine rings is 1. The molecule has 2 aromatic heterocycles. The summed E-state index contributed by atoms with van der Waals surface area (Å²) < 4.78 is 45.0. The lowest BCUT2D eigenvalue weighted by Crippen LogP contribution is -2.46. The quantitative estimate of drug-likeness (QED) is 0.474. The Morgan fingerprint density at radius 2 is 1.76 bits per heavy atom. The number of carbonyl (C=O) groups is 1. The van der Waals surface area contributed by atoms with Crippen molar-refractivity contribution in [1.82, 2.24) is 24.4 Å². The second-order valence-corrected chi connectivity index (χ2v) is 10.8. The lowest BCUT2D eigenvalue weighted by molar-refractivity contribution is -0.191. The van der Waals surface area contributed by atoms with E-state index in [2.05, 4.69) is 15.0 Å². The van der Waals surface area contributed by atoms with E-state index >= 15 is 0 Å². The summed E-state index contributed by atoms with van der Waals surface area (Å²) in [7, 11) is 1.98. The Kier molecular flexibility index (Phi) is 5.87. The number of amides is 1. The average Bonchev–Trinajstić information content (AvgIpc) is 3.40. The van der Waals surface area contributed by atoms with E-state index in [1.54, 1.807) is 28.9 Å². The molecule has 1 spiro atoms. The summed E-state index contributed by atoms with van der Waals surface area (Å²) in [5.74, 6) is -0.357. The molecular weight excluding hydrogens is 505 g/mol. The van der Waals surface area contributed by atoms with E-state index in [1.165, 1.54) is 12.1 Å². The van der Waals surface area contributed by atoms with Crippen LogP contribution >= 0.6 is 11.6 Å². The Bertz CT molecular complexity index is 1330. The minimum absolute atomic E-state index is 0.0826. The zero-order valence-electron chi connectivity index (χ0n) is 20.5. The van der Waals surface area contributed by atoms with E-state index in [9.17, 15) is 18.0 Å². The van der Waals surface area contributed by atoms with Gasteiger partial charge in [0.1, 0.15) is 0 Å². The van der Waals surface area contributed by atoms with Gasteiger partial charge in [0.25, 0.3) is 0 Å². The van der Waals surface area contributed by atoms with Gasteiger partial charge < -0.3 is 14.7 Å². The lowest BCUT2D eigenvalue weighted by atomic mass is 9.77. The van der Waals surface area contributed by atoms with Crippen molar-refractivity contribution in [1.29, 1.82) is 0 Å². The number of halogens is 4. The van der Waals surface area contributed by atoms with Crippen molar-refractivity contribution < 1.29 is 18.0 Å². The molecule has 0 bridgehead atoms. The molecule has 6 rings (SSSR count). The molecule has 2 fully saturated rings. The molecule has 1 aromatic carbocycles. The maximum Gasteiger partial charge on any atom is 0.413 e. The number of aryl methyl sites for hydroxylation is 1. The third-order valence-corrected chi connectivity index (χ3v) is 8.43. The van der Waals surface area contributed by atoms with Crippen LogP contribution in [0.3, 0.4) is 0 Å². The fourth-order valence-electron chi connectivity index (χ4n) is 6.18. The van der Waals surface area contributed by atoms with Gasteiger partial charge in [0.05, 0.1) is 23.0 Å². The SMILES string of the molecule is CN1CCC2(CC1)CCN([C@@H](c1ccc(N3CCCc4c3cnc3cc(Cl)nn43)cc1)C(F)(F)F)C2=O. The van der Waals surface area contributed by atoms with Gasteiger partial charge in [-0.25, -0.2) is 9.50 Å². The molecule has 3 aliphatic heterocycles. The molecule has 11 heteroatoms. The summed E-state index contributed by atoms with van der Waals surface area (Å²) in [6, 6.07) is 6.16. The van der Waals surface area contributed by atoms with Crippen molar-refractivity contribution >= 4 is 34.5 Å². The summed E-state index contributed by atoms with van der Waals surface area (Å²) in [5.41, 5.74) is 2.67. The van der Waals surface area contributed by atoms with Gasteiger partial charge in [-0.3, -0.25) is 4.79 Å². The lowest BCUT2D eigenvalue weighted by Gasteiger charge is -2.37. The van der Waals surface area contributed by atoms with Crippen molar-refractivity contribution in [3.8, 4) is 0 Å². The summed E-state index contributed by atoms with van der Waals surface area (Å²) in [6.07, 6.45) is 0.549. The molecule has 196 valence electrons. The van der Waals surface area contributed by atoms with Crippen LogP contribution in [-0.4, -0.2) is 69.7 Å². The second kappa shape index (κ2) is 8.87. The Morgan fingerprint density at radius 3 is 2.46 bits per heavy atom. The van der Waals surface area contributed by atoms with Gasteiger partial charge in [-0.2, -0.15) is 18.3 Å². The van der Waals surface area contributed by atoms with Crippen LogP contribution in [0.2, 0.25) is 5.15 Å². The molecule has 0 N–H and O–H groups in total. The summed E-state index contributed by atoms with van der Waals surface area (Å²) >= 11 is 6.07. The molecule has 0 saturated carbocycles. The highest BCUT2D eigenvalue weighted by molar-refractivity contribution is 6.29. The number of likely N-dealkylation sites (tertiary alicyclic amines) is 2. The number of hydrogen-bond donors (Lipinski definition) is 0. The number of fused-ring (bicyclic) bond motifs is 3. The minimum Gasteiger partial charge on any atom is -0.339 e. The monoisotopic (exact) mass is 532 g/mol. The maximum absolute atomic E-state index is 14.4. The number of rotatable bonds is 3. The number of nitrogens with zero attached hydrogens (tertiary/aromatic N) is 6. The normalized spacial score (nSPS) is 21.2. The average molecular weight is 533 g/mol. The van der Waals surface area contributed by atoms with E-state index in [4.69, 9.17) is 11.6 Å². The number of hydrogen-bond acceptors (Lipinski definition) is 5. The number of carbonyl (C=O) groups excluding carboxylic acids is 1. The van der Waals surface area contributed by atoms with E-state index < -0.39 is 17.6 Å². The molecular formula is C26H28ClF3N6O. The van der Waals surface area contributed by atoms with Gasteiger partial charge in [0.15, 0.2) is 16.8 Å². The van der Waals surface area contributed by atoms with Crippen molar-refractivity contribution in [2.75, 3.05) is 38.1 Å². The fraction of sp³-hybridized carbons (Fsp3) is 0.500. The zero-order valence-corrected chi connectivity index (χ0v) is 21.3. The van der Waals surface area contributed by atoms with Gasteiger partial charge in [-0.1, -0.05) is 23.7 Å². The predicted molar refractivity (Wildman–Crippen MR) is 134 cm³/mol. The first kappa shape index (κ1) is 24.5. The van der Waals surface area contributed by atoms with Crippen LogP contribution in [-0.2, 0) is 11.2 Å². The van der Waals surface area contributed by atoms with Crippen molar-refractivity contribution in [3.05, 3.63) is 52.9 Å². The van der Waals surface area contributed by atoms with Crippen LogP contribution < -0.4 is 4.90 Å². The van der Waals surface area contributed by atoms with Gasteiger partial charge in [0.2, 0.25) is 5.91 Å². The number of benzene rings is 1. The highest BCUT2D eigenvalue weighted by Crippen LogP contribution is 2.48. The van der Waals surface area contributed by atoms with Crippen LogP contribution in [0.25, 0.3) is 5.65 Å². The molecule has 1 amide bonds. The van der Waals surface area contributed by atoms with Crippen molar-refractivity contribution in [3.63, 3.8) is 0 Å². The summed E-state index contributed by atoms with van der Waals surface area (Å²) in [5, 5.41) is 4.70. The standard InChI is InChI=1S/C26H28ClF3N6O/c1-33-12-8-25(9-13-33)10-14-35(24(25)37)23(26(28,29)30)17-4-6-18(7-5-17)34-11-2-3-19-20(34)16-31-22-15-21(27)32-36(19)22/h4-7,15-16,23H,2-3,8-14H2,1H3/t23-/m0/s1. The Balaban J connectivity index is 1.30. The van der Waals surface area contributed by atoms with Crippen LogP contribution in [0.4, 0.5) is 24.5 Å². The molecule has 0 unspecified atom stereocenters. The topological polar surface area (TPSA) is 57.0 Å². The Labute approximate surface area is 217 Å². The smallest absolute Gasteiger partial charge is 0.339 e. The summed E-state index contributed by atoms with van der Waals surface area (Å²) in [6.45, 7) is 2.29. The molecule has 1 atom stereocenters. The summed E-state index contributed by atoms with van der Waals surface area (Å²) in [4.78, 5) is 23.1. The van der Waals surface area contributed by atoms with E-state index in [0.29, 0.717) is 36.6 Å². The van der Waals surface area contributed by atoms with E-state index in [0.717, 1.165) is 47.9 Å². The molecule has 37 heavy (non-hydrogen) atoms. The van der Waals surface area contributed by atoms with Crippen LogP contribution in [0.5, 0.6) is 0 Å². The largest absolute Gasteiger partial charge is 0.413 e. The van der Waals surface area contributed by atoms with Crippen molar-refractivity contribution in [2.45, 2.75) is 44.3 Å². The number of alkyl halides is 3. The van der Waals surface area contributed by atoms with E-state index in [1.807, 2.05) is 11.9 Å². The number of aromatic nitrogens is 3. The second-order valence-electron chi connectivity index (χ2n) is 10.5. The fourth-order valence-corrected chi connectivity index (χ4v) is 6.36. The third kappa shape index (κ3) is 4.14. The van der Waals surface area contributed by atoms with Crippen LogP contribution in [0, 0.1) is 5.41 Å². The van der Waals surface area contributed by atoms with Gasteiger partial charge in [0, 0.05) is 24.8 Å².